The van der Waals surface area contributed by atoms with Gasteiger partial charge in [-0.05, 0) is 5.92 Å². The molecule has 0 aliphatic carbocycles. The Labute approximate surface area is 63.0 Å². The Balaban J connectivity index is 0. The molecule has 0 amide bonds. The molecule has 0 aromatic carbocycles. The van der Waals surface area contributed by atoms with Crippen LogP contribution in [0.5, 0.6) is 0 Å². The molecule has 42 valence electrons. The summed E-state index contributed by atoms with van der Waals surface area (Å²) in [5.74, 6) is 0.563. The van der Waals surface area contributed by atoms with Crippen LogP contribution in [0, 0.1) is 5.92 Å². The molecule has 0 spiro atoms. The molecule has 8 heavy (non-hydrogen) atoms. The van der Waals surface area contributed by atoms with Gasteiger partial charge in [-0.15, -0.1) is 5.76 Å². The zero-order valence-electron chi connectivity index (χ0n) is 6.06. The maximum Gasteiger partial charge on any atom is 1.00 e. The van der Waals surface area contributed by atoms with Gasteiger partial charge in [-0.1, -0.05) is 26.8 Å². The predicted molar refractivity (Wildman–Crippen MR) is 28.6 cm³/mol. The fourth-order valence-corrected chi connectivity index (χ4v) is 0.469. The van der Waals surface area contributed by atoms with E-state index in [9.17, 15) is 5.11 Å². The maximum atomic E-state index is 10.2. The molecule has 0 unspecified atom stereocenters. The minimum absolute atomic E-state index is 0. The van der Waals surface area contributed by atoms with Crippen LogP contribution in [0.2, 0.25) is 0 Å². The summed E-state index contributed by atoms with van der Waals surface area (Å²) >= 11 is 0. The molecule has 0 heterocycles. The van der Waals surface area contributed by atoms with E-state index in [-0.39, 0.29) is 24.6 Å². The summed E-state index contributed by atoms with van der Waals surface area (Å²) in [7, 11) is 0. The van der Waals surface area contributed by atoms with E-state index in [2.05, 4.69) is 0 Å². The van der Waals surface area contributed by atoms with Gasteiger partial charge in [-0.25, -0.2) is 0 Å². The second-order valence-electron chi connectivity index (χ2n) is 2.02. The van der Waals surface area contributed by atoms with Crippen LogP contribution in [0.25, 0.3) is 0 Å². The third kappa shape index (κ3) is 9.46. The molecule has 0 atom stereocenters. The summed E-state index contributed by atoms with van der Waals surface area (Å²) in [6.07, 6.45) is 1.69. The van der Waals surface area contributed by atoms with Crippen LogP contribution in [-0.4, -0.2) is 0 Å². The van der Waals surface area contributed by atoms with Crippen LogP contribution >= 0.6 is 0 Å². The number of rotatable bonds is 1. The van der Waals surface area contributed by atoms with Crippen molar-refractivity contribution >= 4 is 0 Å². The van der Waals surface area contributed by atoms with Gasteiger partial charge in [0.2, 0.25) is 0 Å². The number of hydrogen-bond acceptors (Lipinski definition) is 1. The molecule has 0 aromatic rings. The van der Waals surface area contributed by atoms with E-state index in [1.54, 1.807) is 13.0 Å². The van der Waals surface area contributed by atoms with Crippen LogP contribution in [-0.2, 0) is 0 Å². The van der Waals surface area contributed by atoms with E-state index in [1.165, 1.54) is 0 Å². The van der Waals surface area contributed by atoms with Crippen LogP contribution in [0.3, 0.4) is 0 Å². The Bertz CT molecular complexity index is 72.6. The first kappa shape index (κ1) is 11.0. The Morgan fingerprint density at radius 3 is 1.88 bits per heavy atom. The van der Waals surface area contributed by atoms with E-state index >= 15 is 0 Å². The van der Waals surface area contributed by atoms with Crippen LogP contribution < -0.4 is 24.0 Å². The Hall–Kier alpha value is 0.137. The van der Waals surface area contributed by atoms with Crippen LogP contribution in [0.15, 0.2) is 11.8 Å². The average molecular weight is 106 g/mol. The zero-order chi connectivity index (χ0) is 5.86. The summed E-state index contributed by atoms with van der Waals surface area (Å²) < 4.78 is 0. The first-order chi connectivity index (χ1) is 3.13. The predicted octanol–water partition coefficient (Wildman–Crippen LogP) is -2.09. The molecule has 0 saturated heterocycles. The molecule has 0 fully saturated rings. The SMILES string of the molecule is C/C([O-])=C/C(C)C.[Li+]. The van der Waals surface area contributed by atoms with Gasteiger partial charge in [0.15, 0.2) is 0 Å². The molecule has 0 bridgehead atoms. The Morgan fingerprint density at radius 1 is 1.50 bits per heavy atom. The number of allylic oxidation sites excluding steroid dienone is 2. The monoisotopic (exact) mass is 106 g/mol. The van der Waals surface area contributed by atoms with Crippen molar-refractivity contribution in [2.75, 3.05) is 0 Å². The molecular formula is C6H11LiO. The summed E-state index contributed by atoms with van der Waals surface area (Å²) in [6.45, 7) is 5.54. The van der Waals surface area contributed by atoms with Crippen molar-refractivity contribution in [2.24, 2.45) is 5.92 Å². The summed E-state index contributed by atoms with van der Waals surface area (Å²) in [4.78, 5) is 0. The van der Waals surface area contributed by atoms with Crippen molar-refractivity contribution in [1.82, 2.24) is 0 Å². The smallest absolute Gasteiger partial charge is 0.876 e. The van der Waals surface area contributed by atoms with Gasteiger partial charge in [-0.2, -0.15) is 0 Å². The van der Waals surface area contributed by atoms with Crippen molar-refractivity contribution < 1.29 is 24.0 Å². The summed E-state index contributed by atoms with van der Waals surface area (Å²) in [6, 6.07) is 0. The zero-order valence-corrected chi connectivity index (χ0v) is 6.06. The third-order valence-corrected chi connectivity index (χ3v) is 0.568. The fourth-order valence-electron chi connectivity index (χ4n) is 0.469. The largest absolute Gasteiger partial charge is 1.00 e. The van der Waals surface area contributed by atoms with Crippen molar-refractivity contribution in [3.63, 3.8) is 0 Å². The van der Waals surface area contributed by atoms with Crippen molar-refractivity contribution in [3.05, 3.63) is 11.8 Å². The molecule has 0 saturated carbocycles. The van der Waals surface area contributed by atoms with Gasteiger partial charge < -0.3 is 5.11 Å². The number of hydrogen-bond donors (Lipinski definition) is 0. The molecule has 1 nitrogen and oxygen atoms in total. The Morgan fingerprint density at radius 2 is 1.88 bits per heavy atom. The molecule has 0 radical (unpaired) electrons. The van der Waals surface area contributed by atoms with Gasteiger partial charge in [-0.3, -0.25) is 0 Å². The molecule has 0 aromatic heterocycles. The molecule has 0 N–H and O–H groups in total. The van der Waals surface area contributed by atoms with Gasteiger partial charge in [0, 0.05) is 0 Å². The Kier molecular flexibility index (Phi) is 7.26. The molecular weight excluding hydrogens is 95.0 g/mol. The fraction of sp³-hybridized carbons (Fsp3) is 0.667. The first-order valence-corrected chi connectivity index (χ1v) is 2.48. The van der Waals surface area contributed by atoms with E-state index in [1.807, 2.05) is 13.8 Å². The van der Waals surface area contributed by atoms with E-state index < -0.39 is 0 Å². The normalized spacial score (nSPS) is 11.2. The van der Waals surface area contributed by atoms with Crippen LogP contribution in [0.1, 0.15) is 20.8 Å². The summed E-state index contributed by atoms with van der Waals surface area (Å²) in [5.41, 5.74) is 0. The second-order valence-corrected chi connectivity index (χ2v) is 2.02. The third-order valence-electron chi connectivity index (χ3n) is 0.568. The van der Waals surface area contributed by atoms with Gasteiger partial charge in [0.25, 0.3) is 0 Å². The quantitative estimate of drug-likeness (QED) is 0.277. The maximum absolute atomic E-state index is 10.2. The van der Waals surface area contributed by atoms with E-state index in [4.69, 9.17) is 0 Å². The standard InChI is InChI=1S/C6H12O.Li/c1-5(2)4-6(3)7;/h4-5,7H,1-3H3;/q;+1/p-1/b6-4-;. The van der Waals surface area contributed by atoms with Crippen LogP contribution in [0.4, 0.5) is 0 Å². The van der Waals surface area contributed by atoms with Gasteiger partial charge in [0.05, 0.1) is 0 Å². The molecule has 2 heteroatoms. The van der Waals surface area contributed by atoms with Gasteiger partial charge in [0.1, 0.15) is 0 Å². The molecule has 0 aliphatic heterocycles. The average Bonchev–Trinajstić information content (AvgIpc) is 1.27. The minimum Gasteiger partial charge on any atom is -0.876 e. The van der Waals surface area contributed by atoms with Crippen molar-refractivity contribution in [2.45, 2.75) is 20.8 Å². The minimum atomic E-state index is 0. The topological polar surface area (TPSA) is 23.1 Å². The van der Waals surface area contributed by atoms with Crippen molar-refractivity contribution in [1.29, 1.82) is 0 Å². The molecule has 0 rings (SSSR count). The summed E-state index contributed by atoms with van der Waals surface area (Å²) in [5, 5.41) is 10.2. The molecule has 0 aliphatic rings. The first-order valence-electron chi connectivity index (χ1n) is 2.48. The van der Waals surface area contributed by atoms with E-state index in [0.29, 0.717) is 5.92 Å². The van der Waals surface area contributed by atoms with E-state index in [0.717, 1.165) is 0 Å². The van der Waals surface area contributed by atoms with Gasteiger partial charge >= 0.3 is 18.9 Å². The second kappa shape index (κ2) is 5.28. The van der Waals surface area contributed by atoms with Crippen molar-refractivity contribution in [3.8, 4) is 0 Å².